The van der Waals surface area contributed by atoms with Gasteiger partial charge in [-0.3, -0.25) is 9.59 Å². The number of carbonyl (C=O) groups is 2. The Morgan fingerprint density at radius 1 is 0.917 bits per heavy atom. The van der Waals surface area contributed by atoms with Gasteiger partial charge in [-0.25, -0.2) is 0 Å². The molecule has 0 aliphatic heterocycles. The van der Waals surface area contributed by atoms with Crippen molar-refractivity contribution in [3.63, 3.8) is 0 Å². The molecule has 3 rings (SSSR count). The predicted octanol–water partition coefficient (Wildman–Crippen LogP) is 3.11. The highest BCUT2D eigenvalue weighted by molar-refractivity contribution is 6.30. The molecule has 0 aromatic heterocycles. The average Bonchev–Trinajstić information content (AvgIpc) is 2.57. The van der Waals surface area contributed by atoms with Crippen LogP contribution in [0.4, 0.5) is 0 Å². The van der Waals surface area contributed by atoms with Crippen molar-refractivity contribution in [1.82, 2.24) is 0 Å². The highest BCUT2D eigenvalue weighted by atomic mass is 16.3. The topological polar surface area (TPSA) is 98.4 Å². The molecule has 1 aliphatic carbocycles. The summed E-state index contributed by atoms with van der Waals surface area (Å²) in [7, 11) is 0. The van der Waals surface area contributed by atoms with Crippen molar-refractivity contribution in [2.24, 2.45) is 0 Å². The van der Waals surface area contributed by atoms with Crippen LogP contribution >= 0.6 is 0 Å². The summed E-state index contributed by atoms with van der Waals surface area (Å²) >= 11 is 0. The second kappa shape index (κ2) is 6.17. The molecule has 24 heavy (non-hydrogen) atoms. The van der Waals surface area contributed by atoms with Crippen LogP contribution in [-0.2, 0) is 6.42 Å². The Labute approximate surface area is 138 Å². The van der Waals surface area contributed by atoms with Crippen LogP contribution in [0.15, 0.2) is 30.3 Å². The van der Waals surface area contributed by atoms with E-state index < -0.39 is 5.78 Å². The Balaban J connectivity index is 2.04. The molecule has 5 nitrogen and oxygen atoms in total. The molecule has 0 saturated carbocycles. The Morgan fingerprint density at radius 2 is 1.67 bits per heavy atom. The fourth-order valence-corrected chi connectivity index (χ4v) is 3.01. The number of benzene rings is 2. The van der Waals surface area contributed by atoms with Crippen LogP contribution in [0.3, 0.4) is 0 Å². The van der Waals surface area contributed by atoms with Crippen LogP contribution in [0.5, 0.6) is 11.5 Å². The maximum Gasteiger partial charge on any atom is 0.201 e. The minimum Gasteiger partial charge on any atom is -0.507 e. The average molecular weight is 321 g/mol. The van der Waals surface area contributed by atoms with Crippen LogP contribution in [0.2, 0.25) is 0 Å². The Kier molecular flexibility index (Phi) is 4.05. The summed E-state index contributed by atoms with van der Waals surface area (Å²) in [6.07, 6.45) is 2.34. The molecule has 120 valence electrons. The summed E-state index contributed by atoms with van der Waals surface area (Å²) in [5.41, 5.74) is 0.746. The predicted molar refractivity (Wildman–Crippen MR) is 86.2 cm³/mol. The van der Waals surface area contributed by atoms with Gasteiger partial charge in [-0.2, -0.15) is 5.26 Å². The molecule has 0 atom stereocenters. The second-order valence-corrected chi connectivity index (χ2v) is 5.72. The van der Waals surface area contributed by atoms with Crippen LogP contribution in [0.1, 0.15) is 56.7 Å². The van der Waals surface area contributed by atoms with E-state index in [2.05, 4.69) is 6.07 Å². The van der Waals surface area contributed by atoms with E-state index in [0.29, 0.717) is 31.2 Å². The van der Waals surface area contributed by atoms with E-state index in [0.717, 1.165) is 0 Å². The zero-order valence-corrected chi connectivity index (χ0v) is 12.9. The molecule has 0 saturated heterocycles. The van der Waals surface area contributed by atoms with Gasteiger partial charge in [0.1, 0.15) is 11.5 Å². The first-order valence-electron chi connectivity index (χ1n) is 7.69. The third-order valence-electron chi connectivity index (χ3n) is 4.23. The largest absolute Gasteiger partial charge is 0.507 e. The minimum atomic E-state index is -0.547. The summed E-state index contributed by atoms with van der Waals surface area (Å²) in [6, 6.07) is 9.59. The molecule has 2 N–H and O–H groups in total. The van der Waals surface area contributed by atoms with E-state index in [4.69, 9.17) is 5.26 Å². The molecular weight excluding hydrogens is 306 g/mol. The van der Waals surface area contributed by atoms with E-state index in [-0.39, 0.29) is 39.5 Å². The van der Waals surface area contributed by atoms with Crippen LogP contribution in [0.25, 0.3) is 0 Å². The number of rotatable bonds is 4. The maximum absolute atomic E-state index is 12.7. The molecule has 0 radical (unpaired) electrons. The van der Waals surface area contributed by atoms with Crippen molar-refractivity contribution in [2.45, 2.75) is 25.7 Å². The van der Waals surface area contributed by atoms with Crippen molar-refractivity contribution in [3.05, 3.63) is 58.1 Å². The van der Waals surface area contributed by atoms with Gasteiger partial charge in [0.2, 0.25) is 5.78 Å². The smallest absolute Gasteiger partial charge is 0.201 e. The van der Waals surface area contributed by atoms with E-state index in [1.807, 2.05) is 0 Å². The second-order valence-electron chi connectivity index (χ2n) is 5.72. The van der Waals surface area contributed by atoms with Crippen LogP contribution in [-0.4, -0.2) is 21.8 Å². The third-order valence-corrected chi connectivity index (χ3v) is 4.23. The monoisotopic (exact) mass is 321 g/mol. The number of nitriles is 1. The van der Waals surface area contributed by atoms with Gasteiger partial charge in [0.05, 0.1) is 17.2 Å². The number of hydrogen-bond donors (Lipinski definition) is 2. The maximum atomic E-state index is 12.7. The minimum absolute atomic E-state index is 0.0493. The van der Waals surface area contributed by atoms with Crippen LogP contribution in [0, 0.1) is 11.3 Å². The number of aromatic hydroxyl groups is 2. The van der Waals surface area contributed by atoms with Gasteiger partial charge in [-0.15, -0.1) is 0 Å². The molecule has 2 aromatic carbocycles. The molecule has 5 heteroatoms. The lowest BCUT2D eigenvalue weighted by Gasteiger charge is -2.20. The molecule has 2 aromatic rings. The number of carbonyl (C=O) groups excluding carboxylic acids is 2. The van der Waals surface area contributed by atoms with E-state index in [9.17, 15) is 19.8 Å². The Morgan fingerprint density at radius 3 is 2.42 bits per heavy atom. The van der Waals surface area contributed by atoms with Gasteiger partial charge in [0.15, 0.2) is 5.78 Å². The molecule has 0 fully saturated rings. The van der Waals surface area contributed by atoms with Gasteiger partial charge in [0.25, 0.3) is 0 Å². The number of ketones is 2. The zero-order valence-electron chi connectivity index (χ0n) is 12.9. The zero-order chi connectivity index (χ0) is 17.3. The Hall–Kier alpha value is -3.13. The summed E-state index contributed by atoms with van der Waals surface area (Å²) in [5, 5.41) is 29.0. The van der Waals surface area contributed by atoms with Crippen molar-refractivity contribution >= 4 is 11.6 Å². The number of unbranched alkanes of at least 4 members (excludes halogenated alkanes) is 2. The molecule has 0 heterocycles. The van der Waals surface area contributed by atoms with Crippen LogP contribution < -0.4 is 0 Å². The number of hydrogen-bond acceptors (Lipinski definition) is 5. The van der Waals surface area contributed by atoms with Crippen molar-refractivity contribution in [3.8, 4) is 17.6 Å². The number of aryl methyl sites for hydroxylation is 1. The van der Waals surface area contributed by atoms with E-state index >= 15 is 0 Å². The van der Waals surface area contributed by atoms with Gasteiger partial charge < -0.3 is 10.2 Å². The van der Waals surface area contributed by atoms with E-state index in [1.165, 1.54) is 18.2 Å². The molecule has 0 unspecified atom stereocenters. The van der Waals surface area contributed by atoms with Crippen molar-refractivity contribution in [2.75, 3.05) is 0 Å². The van der Waals surface area contributed by atoms with Gasteiger partial charge in [-0.05, 0) is 37.0 Å². The standard InChI is InChI=1S/C19H15NO4/c20-10-3-1-2-5-11-8-9-13-16(17(11)22)19(24)15-12(18(13)23)6-4-7-14(15)21/h4,6-9,21-22H,1-3,5H2. The van der Waals surface area contributed by atoms with Gasteiger partial charge in [-0.1, -0.05) is 18.2 Å². The fraction of sp³-hybridized carbons (Fsp3) is 0.211. The van der Waals surface area contributed by atoms with Crippen molar-refractivity contribution in [1.29, 1.82) is 5.26 Å². The molecule has 0 bridgehead atoms. The molecular formula is C19H15NO4. The summed E-state index contributed by atoms with van der Waals surface area (Å²) in [6.45, 7) is 0. The first kappa shape index (κ1) is 15.8. The number of nitrogens with zero attached hydrogens (tertiary/aromatic N) is 1. The molecule has 1 aliphatic rings. The van der Waals surface area contributed by atoms with Gasteiger partial charge in [0, 0.05) is 17.5 Å². The highest BCUT2D eigenvalue weighted by Crippen LogP contribution is 2.38. The number of fused-ring (bicyclic) bond motifs is 2. The molecule has 0 amide bonds. The number of phenols is 2. The first-order chi connectivity index (χ1) is 11.6. The third kappa shape index (κ3) is 2.42. The highest BCUT2D eigenvalue weighted by Gasteiger charge is 2.34. The lowest BCUT2D eigenvalue weighted by atomic mass is 9.82. The summed E-state index contributed by atoms with van der Waals surface area (Å²) in [5.74, 6) is -1.41. The SMILES string of the molecule is N#CCCCCc1ccc2c(c1O)C(=O)c1c(O)cccc1C2=O. The first-order valence-corrected chi connectivity index (χ1v) is 7.69. The van der Waals surface area contributed by atoms with E-state index in [1.54, 1.807) is 12.1 Å². The van der Waals surface area contributed by atoms with Gasteiger partial charge >= 0.3 is 0 Å². The fourth-order valence-electron chi connectivity index (χ4n) is 3.01. The molecule has 0 spiro atoms. The quantitative estimate of drug-likeness (QED) is 0.719. The lowest BCUT2D eigenvalue weighted by Crippen LogP contribution is -2.21. The normalized spacial score (nSPS) is 12.5. The lowest BCUT2D eigenvalue weighted by molar-refractivity contribution is 0.0974. The summed E-state index contributed by atoms with van der Waals surface area (Å²) < 4.78 is 0. The van der Waals surface area contributed by atoms with Crippen molar-refractivity contribution < 1.29 is 19.8 Å². The number of phenolic OH excluding ortho intramolecular Hbond substituents is 2. The Bertz CT molecular complexity index is 893. The summed E-state index contributed by atoms with van der Waals surface area (Å²) in [4.78, 5) is 25.3.